The highest BCUT2D eigenvalue weighted by Gasteiger charge is 2.20. The Morgan fingerprint density at radius 1 is 1.38 bits per heavy atom. The molecule has 1 N–H and O–H groups in total. The monoisotopic (exact) mass is 291 g/mol. The van der Waals surface area contributed by atoms with Crippen LogP contribution in [0.25, 0.3) is 0 Å². The molecule has 0 atom stereocenters. The smallest absolute Gasteiger partial charge is 0.271 e. The van der Waals surface area contributed by atoms with Crippen LogP contribution in [0.2, 0.25) is 0 Å². The van der Waals surface area contributed by atoms with Gasteiger partial charge in [0.2, 0.25) is 5.91 Å². The lowest BCUT2D eigenvalue weighted by Gasteiger charge is -2.30. The molecule has 0 unspecified atom stereocenters. The van der Waals surface area contributed by atoms with Crippen molar-refractivity contribution in [3.8, 4) is 0 Å². The quantitative estimate of drug-likeness (QED) is 0.668. The first-order chi connectivity index (χ1) is 10.1. The maximum Gasteiger partial charge on any atom is 0.271 e. The second-order valence-corrected chi connectivity index (χ2v) is 5.56. The fourth-order valence-electron chi connectivity index (χ4n) is 2.78. The number of hydrogen-bond donors (Lipinski definition) is 1. The van der Waals surface area contributed by atoms with Gasteiger partial charge in [-0.1, -0.05) is 25.3 Å². The van der Waals surface area contributed by atoms with Crippen LogP contribution in [0.3, 0.4) is 0 Å². The van der Waals surface area contributed by atoms with E-state index >= 15 is 0 Å². The second-order valence-electron chi connectivity index (χ2n) is 5.56. The van der Waals surface area contributed by atoms with Crippen LogP contribution in [0.4, 0.5) is 11.4 Å². The molecule has 0 aromatic heterocycles. The Hall–Kier alpha value is -1.95. The van der Waals surface area contributed by atoms with Crippen molar-refractivity contribution in [2.45, 2.75) is 38.1 Å². The van der Waals surface area contributed by atoms with Crippen molar-refractivity contribution < 1.29 is 9.72 Å². The summed E-state index contributed by atoms with van der Waals surface area (Å²) in [5, 5.41) is 13.4. The van der Waals surface area contributed by atoms with Crippen LogP contribution >= 0.6 is 0 Å². The number of likely N-dealkylation sites (N-methyl/N-ethyl adjacent to an activating group) is 1. The van der Waals surface area contributed by atoms with Crippen LogP contribution in [-0.2, 0) is 4.79 Å². The van der Waals surface area contributed by atoms with E-state index in [1.165, 1.54) is 31.4 Å². The Labute approximate surface area is 124 Å². The predicted octanol–water partition coefficient (Wildman–Crippen LogP) is 2.80. The van der Waals surface area contributed by atoms with Gasteiger partial charge in [-0.25, -0.2) is 0 Å². The van der Waals surface area contributed by atoms with Gasteiger partial charge in [-0.2, -0.15) is 0 Å². The van der Waals surface area contributed by atoms with E-state index < -0.39 is 4.92 Å². The fraction of sp³-hybridized carbons (Fsp3) is 0.533. The minimum absolute atomic E-state index is 0.0200. The number of nitrogens with one attached hydrogen (secondary N) is 1. The number of hydrogen-bond acceptors (Lipinski definition) is 4. The molecule has 1 aliphatic rings. The normalized spacial score (nSPS) is 15.9. The van der Waals surface area contributed by atoms with Crippen LogP contribution < -0.4 is 5.32 Å². The molecular formula is C15H21N3O3. The van der Waals surface area contributed by atoms with Gasteiger partial charge in [-0.15, -0.1) is 0 Å². The molecule has 1 saturated carbocycles. The van der Waals surface area contributed by atoms with Crippen molar-refractivity contribution in [2.24, 2.45) is 0 Å². The third-order valence-corrected chi connectivity index (χ3v) is 3.93. The summed E-state index contributed by atoms with van der Waals surface area (Å²) in [7, 11) is 1.96. The highest BCUT2D eigenvalue weighted by molar-refractivity contribution is 5.92. The molecule has 1 aromatic carbocycles. The predicted molar refractivity (Wildman–Crippen MR) is 81.2 cm³/mol. The average molecular weight is 291 g/mol. The summed E-state index contributed by atoms with van der Waals surface area (Å²) in [6.07, 6.45) is 6.01. The molecule has 6 heteroatoms. The SMILES string of the molecule is CN(CC(=O)Nc1cccc([N+](=O)[O-])c1)C1CCCCC1. The van der Waals surface area contributed by atoms with E-state index in [-0.39, 0.29) is 11.6 Å². The molecule has 1 aliphatic carbocycles. The van der Waals surface area contributed by atoms with Crippen LogP contribution in [0.5, 0.6) is 0 Å². The largest absolute Gasteiger partial charge is 0.325 e. The second kappa shape index (κ2) is 7.17. The van der Waals surface area contributed by atoms with Gasteiger partial charge < -0.3 is 5.32 Å². The molecule has 6 nitrogen and oxygen atoms in total. The fourth-order valence-corrected chi connectivity index (χ4v) is 2.78. The zero-order chi connectivity index (χ0) is 15.2. The van der Waals surface area contributed by atoms with Crippen molar-refractivity contribution in [1.29, 1.82) is 0 Å². The maximum absolute atomic E-state index is 12.0. The Bertz CT molecular complexity index is 513. The van der Waals surface area contributed by atoms with Gasteiger partial charge in [0.1, 0.15) is 0 Å². The minimum Gasteiger partial charge on any atom is -0.325 e. The van der Waals surface area contributed by atoms with Gasteiger partial charge in [0.25, 0.3) is 5.69 Å². The zero-order valence-corrected chi connectivity index (χ0v) is 12.2. The summed E-state index contributed by atoms with van der Waals surface area (Å²) in [5.74, 6) is -0.136. The summed E-state index contributed by atoms with van der Waals surface area (Å²) in [5.41, 5.74) is 0.444. The highest BCUT2D eigenvalue weighted by Crippen LogP contribution is 2.21. The first kappa shape index (κ1) is 15.4. The lowest BCUT2D eigenvalue weighted by molar-refractivity contribution is -0.384. The minimum atomic E-state index is -0.468. The molecule has 1 aromatic rings. The molecule has 0 spiro atoms. The summed E-state index contributed by atoms with van der Waals surface area (Å²) in [4.78, 5) is 24.3. The molecule has 0 aliphatic heterocycles. The Balaban J connectivity index is 1.89. The zero-order valence-electron chi connectivity index (χ0n) is 12.2. The van der Waals surface area contributed by atoms with Crippen molar-refractivity contribution in [1.82, 2.24) is 4.90 Å². The summed E-state index contributed by atoms with van der Waals surface area (Å²) in [6, 6.07) is 6.47. The number of carbonyl (C=O) groups is 1. The number of rotatable bonds is 5. The van der Waals surface area contributed by atoms with E-state index in [0.717, 1.165) is 12.8 Å². The lowest BCUT2D eigenvalue weighted by atomic mass is 9.94. The van der Waals surface area contributed by atoms with Gasteiger partial charge >= 0.3 is 0 Å². The number of anilines is 1. The standard InChI is InChI=1S/C15H21N3O3/c1-17(13-7-3-2-4-8-13)11-15(19)16-12-6-5-9-14(10-12)18(20)21/h5-6,9-10,13H,2-4,7-8,11H2,1H3,(H,16,19). The molecule has 114 valence electrons. The third-order valence-electron chi connectivity index (χ3n) is 3.93. The number of carbonyl (C=O) groups excluding carboxylic acids is 1. The van der Waals surface area contributed by atoms with E-state index in [0.29, 0.717) is 18.3 Å². The van der Waals surface area contributed by atoms with Gasteiger partial charge in [-0.3, -0.25) is 19.8 Å². The Morgan fingerprint density at radius 2 is 2.10 bits per heavy atom. The van der Waals surface area contributed by atoms with Gasteiger partial charge in [0, 0.05) is 23.9 Å². The van der Waals surface area contributed by atoms with Crippen molar-refractivity contribution >= 4 is 17.3 Å². The van der Waals surface area contributed by atoms with Crippen LogP contribution in [0.1, 0.15) is 32.1 Å². The molecule has 1 fully saturated rings. The molecule has 2 rings (SSSR count). The molecule has 0 heterocycles. The highest BCUT2D eigenvalue weighted by atomic mass is 16.6. The summed E-state index contributed by atoms with van der Waals surface area (Å²) < 4.78 is 0. The number of nitrogens with zero attached hydrogens (tertiary/aromatic N) is 2. The number of nitro benzene ring substituents is 1. The molecule has 21 heavy (non-hydrogen) atoms. The maximum atomic E-state index is 12.0. The van der Waals surface area contributed by atoms with Crippen molar-refractivity contribution in [2.75, 3.05) is 18.9 Å². The van der Waals surface area contributed by atoms with Gasteiger partial charge in [0.15, 0.2) is 0 Å². The molecule has 1 amide bonds. The van der Waals surface area contributed by atoms with E-state index in [4.69, 9.17) is 0 Å². The molecular weight excluding hydrogens is 270 g/mol. The lowest BCUT2D eigenvalue weighted by Crippen LogP contribution is -2.39. The average Bonchev–Trinajstić information content (AvgIpc) is 2.48. The van der Waals surface area contributed by atoms with E-state index in [1.807, 2.05) is 7.05 Å². The number of nitro groups is 1. The van der Waals surface area contributed by atoms with Gasteiger partial charge in [-0.05, 0) is 26.0 Å². The molecule has 0 saturated heterocycles. The Kier molecular flexibility index (Phi) is 5.27. The third kappa shape index (κ3) is 4.53. The number of benzene rings is 1. The van der Waals surface area contributed by atoms with Crippen molar-refractivity contribution in [3.63, 3.8) is 0 Å². The number of amides is 1. The van der Waals surface area contributed by atoms with Crippen LogP contribution in [0.15, 0.2) is 24.3 Å². The van der Waals surface area contributed by atoms with Gasteiger partial charge in [0.05, 0.1) is 11.5 Å². The number of non-ortho nitro benzene ring substituents is 1. The molecule has 0 bridgehead atoms. The first-order valence-electron chi connectivity index (χ1n) is 7.31. The van der Waals surface area contributed by atoms with Crippen LogP contribution in [-0.4, -0.2) is 35.4 Å². The van der Waals surface area contributed by atoms with E-state index in [9.17, 15) is 14.9 Å². The topological polar surface area (TPSA) is 75.5 Å². The van der Waals surface area contributed by atoms with E-state index in [1.54, 1.807) is 12.1 Å². The van der Waals surface area contributed by atoms with Crippen LogP contribution in [0, 0.1) is 10.1 Å². The first-order valence-corrected chi connectivity index (χ1v) is 7.31. The summed E-state index contributed by atoms with van der Waals surface area (Å²) in [6.45, 7) is 0.313. The summed E-state index contributed by atoms with van der Waals surface area (Å²) >= 11 is 0. The Morgan fingerprint density at radius 3 is 2.76 bits per heavy atom. The molecule has 0 radical (unpaired) electrons. The van der Waals surface area contributed by atoms with E-state index in [2.05, 4.69) is 10.2 Å². The van der Waals surface area contributed by atoms with Crippen molar-refractivity contribution in [3.05, 3.63) is 34.4 Å².